The van der Waals surface area contributed by atoms with Crippen LogP contribution in [0, 0.1) is 29.6 Å². The summed E-state index contributed by atoms with van der Waals surface area (Å²) in [4.78, 5) is 17.0. The van der Waals surface area contributed by atoms with Crippen molar-refractivity contribution in [3.8, 4) is 12.1 Å². The Labute approximate surface area is 104 Å². The van der Waals surface area contributed by atoms with Gasteiger partial charge in [0.1, 0.15) is 18.2 Å². The molecule has 1 rings (SSSR count). The fraction of sp³-hybridized carbons (Fsp3) is 0.273. The van der Waals surface area contributed by atoms with E-state index < -0.39 is 5.91 Å². The van der Waals surface area contributed by atoms with Crippen molar-refractivity contribution in [2.45, 2.75) is 6.92 Å². The summed E-state index contributed by atoms with van der Waals surface area (Å²) in [6.07, 6.45) is 0. The second kappa shape index (κ2) is 5.83. The number of aromatic nitrogens is 1. The maximum Gasteiger partial charge on any atom is 0.255 e. The van der Waals surface area contributed by atoms with Gasteiger partial charge in [0.05, 0.1) is 12.1 Å². The number of halogens is 1. The van der Waals surface area contributed by atoms with Crippen LogP contribution in [0.1, 0.15) is 16.1 Å². The van der Waals surface area contributed by atoms with E-state index in [4.69, 9.17) is 22.1 Å². The molecule has 17 heavy (non-hydrogen) atoms. The summed E-state index contributed by atoms with van der Waals surface area (Å²) >= 11 is 5.74. The second-order valence-electron chi connectivity index (χ2n) is 3.30. The predicted octanol–water partition coefficient (Wildman–Crippen LogP) is 1.53. The van der Waals surface area contributed by atoms with Gasteiger partial charge in [-0.05, 0) is 19.1 Å². The van der Waals surface area contributed by atoms with E-state index in [-0.39, 0.29) is 18.2 Å². The zero-order valence-corrected chi connectivity index (χ0v) is 9.90. The van der Waals surface area contributed by atoms with Gasteiger partial charge < -0.3 is 4.90 Å². The summed E-state index contributed by atoms with van der Waals surface area (Å²) in [5, 5.41) is 17.4. The fourth-order valence-electron chi connectivity index (χ4n) is 1.30. The molecule has 0 saturated carbocycles. The molecule has 0 aliphatic rings. The summed E-state index contributed by atoms with van der Waals surface area (Å²) in [6.45, 7) is 1.44. The number of aryl methyl sites for hydroxylation is 1. The lowest BCUT2D eigenvalue weighted by molar-refractivity contribution is 0.0794. The summed E-state index contributed by atoms with van der Waals surface area (Å²) in [6, 6.07) is 6.66. The standard InChI is InChI=1S/C11H9ClN4O/c1-8-6-9(7-10(12)15-8)11(17)16(4-2-13)5-3-14/h6-7H,4-5H2,1H3. The van der Waals surface area contributed by atoms with Gasteiger partial charge in [-0.15, -0.1) is 0 Å². The van der Waals surface area contributed by atoms with E-state index in [1.54, 1.807) is 13.0 Å². The molecule has 0 aliphatic carbocycles. The third kappa shape index (κ3) is 3.44. The molecule has 0 N–H and O–H groups in total. The third-order valence-electron chi connectivity index (χ3n) is 1.98. The Bertz CT molecular complexity index is 479. The van der Waals surface area contributed by atoms with Crippen molar-refractivity contribution in [1.82, 2.24) is 9.88 Å². The van der Waals surface area contributed by atoms with E-state index >= 15 is 0 Å². The van der Waals surface area contributed by atoms with Crippen molar-refractivity contribution in [3.63, 3.8) is 0 Å². The molecular weight excluding hydrogens is 240 g/mol. The Hall–Kier alpha value is -2.11. The van der Waals surface area contributed by atoms with Gasteiger partial charge >= 0.3 is 0 Å². The van der Waals surface area contributed by atoms with Crippen molar-refractivity contribution < 1.29 is 4.79 Å². The molecule has 1 heterocycles. The first kappa shape index (κ1) is 13.0. The Morgan fingerprint density at radius 3 is 2.47 bits per heavy atom. The van der Waals surface area contributed by atoms with Crippen LogP contribution in [-0.4, -0.2) is 28.9 Å². The lowest BCUT2D eigenvalue weighted by Crippen LogP contribution is -2.31. The SMILES string of the molecule is Cc1cc(C(=O)N(CC#N)CC#N)cc(Cl)n1. The van der Waals surface area contributed by atoms with Crippen molar-refractivity contribution in [2.75, 3.05) is 13.1 Å². The van der Waals surface area contributed by atoms with E-state index in [0.717, 1.165) is 4.90 Å². The van der Waals surface area contributed by atoms with E-state index in [2.05, 4.69) is 4.98 Å². The van der Waals surface area contributed by atoms with Crippen LogP contribution in [0.5, 0.6) is 0 Å². The Morgan fingerprint density at radius 1 is 1.41 bits per heavy atom. The lowest BCUT2D eigenvalue weighted by Gasteiger charge is -2.15. The topological polar surface area (TPSA) is 80.8 Å². The highest BCUT2D eigenvalue weighted by Crippen LogP contribution is 2.12. The molecule has 86 valence electrons. The molecule has 1 aromatic heterocycles. The number of amides is 1. The molecule has 0 atom stereocenters. The summed E-state index contributed by atoms with van der Waals surface area (Å²) in [7, 11) is 0. The molecule has 1 amide bonds. The average molecular weight is 249 g/mol. The second-order valence-corrected chi connectivity index (χ2v) is 3.68. The minimum atomic E-state index is -0.402. The zero-order valence-electron chi connectivity index (χ0n) is 9.14. The van der Waals surface area contributed by atoms with E-state index in [1.165, 1.54) is 6.07 Å². The number of rotatable bonds is 3. The van der Waals surface area contributed by atoms with Gasteiger partial charge in [-0.2, -0.15) is 10.5 Å². The van der Waals surface area contributed by atoms with Crippen LogP contribution >= 0.6 is 11.6 Å². The van der Waals surface area contributed by atoms with Crippen molar-refractivity contribution in [1.29, 1.82) is 10.5 Å². The first-order valence-electron chi connectivity index (χ1n) is 4.76. The Morgan fingerprint density at radius 2 is 2.00 bits per heavy atom. The van der Waals surface area contributed by atoms with Crippen molar-refractivity contribution in [3.05, 3.63) is 28.5 Å². The number of carbonyl (C=O) groups excluding carboxylic acids is 1. The first-order chi connectivity index (χ1) is 8.08. The summed E-state index contributed by atoms with van der Waals surface area (Å²) < 4.78 is 0. The molecule has 0 bridgehead atoms. The highest BCUT2D eigenvalue weighted by atomic mass is 35.5. The summed E-state index contributed by atoms with van der Waals surface area (Å²) in [5.74, 6) is -0.402. The van der Waals surface area contributed by atoms with E-state index in [0.29, 0.717) is 11.3 Å². The normalized spacial score (nSPS) is 9.18. The molecule has 0 fully saturated rings. The molecule has 0 radical (unpaired) electrons. The van der Waals surface area contributed by atoms with Gasteiger partial charge in [0, 0.05) is 11.3 Å². The van der Waals surface area contributed by atoms with Crippen LogP contribution in [0.3, 0.4) is 0 Å². The van der Waals surface area contributed by atoms with Crippen LogP contribution in [0.25, 0.3) is 0 Å². The van der Waals surface area contributed by atoms with Gasteiger partial charge in [0.25, 0.3) is 5.91 Å². The van der Waals surface area contributed by atoms with Gasteiger partial charge in [-0.1, -0.05) is 11.6 Å². The van der Waals surface area contributed by atoms with Gasteiger partial charge in [0.2, 0.25) is 0 Å². The average Bonchev–Trinajstić information content (AvgIpc) is 2.26. The minimum Gasteiger partial charge on any atom is -0.312 e. The van der Waals surface area contributed by atoms with Crippen LogP contribution in [0.2, 0.25) is 5.15 Å². The number of hydrogen-bond donors (Lipinski definition) is 0. The lowest BCUT2D eigenvalue weighted by atomic mass is 10.2. The number of nitrogens with zero attached hydrogens (tertiary/aromatic N) is 4. The first-order valence-corrected chi connectivity index (χ1v) is 5.13. The monoisotopic (exact) mass is 248 g/mol. The molecule has 1 aromatic rings. The van der Waals surface area contributed by atoms with Crippen molar-refractivity contribution in [2.24, 2.45) is 0 Å². The van der Waals surface area contributed by atoms with Crippen LogP contribution < -0.4 is 0 Å². The largest absolute Gasteiger partial charge is 0.312 e. The third-order valence-corrected chi connectivity index (χ3v) is 2.17. The quantitative estimate of drug-likeness (QED) is 0.600. The molecular formula is C11H9ClN4O. The zero-order chi connectivity index (χ0) is 12.8. The maximum absolute atomic E-state index is 12.0. The Balaban J connectivity index is 3.02. The van der Waals surface area contributed by atoms with Crippen LogP contribution in [0.15, 0.2) is 12.1 Å². The van der Waals surface area contributed by atoms with Gasteiger partial charge in [0.15, 0.2) is 0 Å². The number of pyridine rings is 1. The highest BCUT2D eigenvalue weighted by molar-refractivity contribution is 6.29. The van der Waals surface area contributed by atoms with Crippen LogP contribution in [-0.2, 0) is 0 Å². The molecule has 0 spiro atoms. The van der Waals surface area contributed by atoms with Gasteiger partial charge in [-0.25, -0.2) is 4.98 Å². The number of nitriles is 2. The van der Waals surface area contributed by atoms with Gasteiger partial charge in [-0.3, -0.25) is 4.79 Å². The predicted molar refractivity (Wildman–Crippen MR) is 61.1 cm³/mol. The minimum absolute atomic E-state index is 0.134. The molecule has 0 saturated heterocycles. The smallest absolute Gasteiger partial charge is 0.255 e. The highest BCUT2D eigenvalue weighted by Gasteiger charge is 2.16. The number of carbonyl (C=O) groups is 1. The molecule has 0 aromatic carbocycles. The molecule has 0 aliphatic heterocycles. The number of hydrogen-bond acceptors (Lipinski definition) is 4. The fourth-order valence-corrected chi connectivity index (χ4v) is 1.56. The maximum atomic E-state index is 12.0. The van der Waals surface area contributed by atoms with Crippen molar-refractivity contribution >= 4 is 17.5 Å². The molecule has 6 heteroatoms. The van der Waals surface area contributed by atoms with E-state index in [1.807, 2.05) is 12.1 Å². The molecule has 0 unspecified atom stereocenters. The van der Waals surface area contributed by atoms with E-state index in [9.17, 15) is 4.79 Å². The Kier molecular flexibility index (Phi) is 4.45. The molecule has 5 nitrogen and oxygen atoms in total. The van der Waals surface area contributed by atoms with Crippen LogP contribution in [0.4, 0.5) is 0 Å². The summed E-state index contributed by atoms with van der Waals surface area (Å²) in [5.41, 5.74) is 0.933.